The molecule has 2 aromatic carbocycles. The molecule has 1 amide bonds. The Balaban J connectivity index is 1.19. The third-order valence-corrected chi connectivity index (χ3v) is 6.36. The predicted molar refractivity (Wildman–Crippen MR) is 143 cm³/mol. The SMILES string of the molecule is CCOc1ccc(NC(=O)CCc2nnc3ccc(N4CCN(c5cccc(OC)c5)CC4)nn23)cc1. The number of nitrogens with zero attached hydrogens (tertiary/aromatic N) is 6. The van der Waals surface area contributed by atoms with Gasteiger partial charge in [-0.2, -0.15) is 4.52 Å². The van der Waals surface area contributed by atoms with Crippen LogP contribution in [0.2, 0.25) is 0 Å². The molecule has 37 heavy (non-hydrogen) atoms. The second kappa shape index (κ2) is 11.2. The van der Waals surface area contributed by atoms with Crippen molar-refractivity contribution >= 4 is 28.7 Å². The third kappa shape index (κ3) is 5.74. The fourth-order valence-electron chi connectivity index (χ4n) is 4.40. The molecule has 1 fully saturated rings. The monoisotopic (exact) mass is 501 g/mol. The van der Waals surface area contributed by atoms with E-state index in [2.05, 4.69) is 37.4 Å². The number of anilines is 3. The van der Waals surface area contributed by atoms with Crippen molar-refractivity contribution < 1.29 is 14.3 Å². The topological polar surface area (TPSA) is 97.1 Å². The number of fused-ring (bicyclic) bond motifs is 1. The van der Waals surface area contributed by atoms with E-state index in [4.69, 9.17) is 14.6 Å². The maximum atomic E-state index is 12.5. The van der Waals surface area contributed by atoms with Crippen LogP contribution in [-0.2, 0) is 11.2 Å². The molecule has 192 valence electrons. The molecule has 5 rings (SSSR count). The van der Waals surface area contributed by atoms with E-state index in [1.807, 2.05) is 55.5 Å². The highest BCUT2D eigenvalue weighted by molar-refractivity contribution is 5.90. The molecule has 0 radical (unpaired) electrons. The summed E-state index contributed by atoms with van der Waals surface area (Å²) >= 11 is 0. The Labute approximate surface area is 215 Å². The van der Waals surface area contributed by atoms with Gasteiger partial charge < -0.3 is 24.6 Å². The van der Waals surface area contributed by atoms with Crippen LogP contribution in [0.3, 0.4) is 0 Å². The number of piperazine rings is 1. The van der Waals surface area contributed by atoms with Crippen molar-refractivity contribution in [2.45, 2.75) is 19.8 Å². The van der Waals surface area contributed by atoms with E-state index in [0.29, 0.717) is 24.5 Å². The first-order valence-corrected chi connectivity index (χ1v) is 12.5. The van der Waals surface area contributed by atoms with E-state index in [0.717, 1.165) is 54.9 Å². The van der Waals surface area contributed by atoms with Gasteiger partial charge in [-0.3, -0.25) is 4.79 Å². The minimum Gasteiger partial charge on any atom is -0.497 e. The number of carbonyl (C=O) groups excluding carboxylic acids is 1. The van der Waals surface area contributed by atoms with Gasteiger partial charge >= 0.3 is 0 Å². The zero-order valence-corrected chi connectivity index (χ0v) is 21.1. The molecule has 1 saturated heterocycles. The van der Waals surface area contributed by atoms with Crippen LogP contribution < -0.4 is 24.6 Å². The van der Waals surface area contributed by atoms with E-state index in [1.54, 1.807) is 11.6 Å². The van der Waals surface area contributed by atoms with Crippen molar-refractivity contribution in [1.82, 2.24) is 19.8 Å². The number of hydrogen-bond donors (Lipinski definition) is 1. The minimum absolute atomic E-state index is 0.0919. The maximum Gasteiger partial charge on any atom is 0.224 e. The van der Waals surface area contributed by atoms with Gasteiger partial charge in [0.25, 0.3) is 0 Å². The zero-order chi connectivity index (χ0) is 25.6. The molecule has 1 aliphatic rings. The number of carbonyl (C=O) groups is 1. The van der Waals surface area contributed by atoms with E-state index in [1.165, 1.54) is 0 Å². The number of ether oxygens (including phenoxy) is 2. The van der Waals surface area contributed by atoms with Crippen LogP contribution in [0.25, 0.3) is 5.65 Å². The summed E-state index contributed by atoms with van der Waals surface area (Å²) in [5, 5.41) is 16.2. The number of methoxy groups -OCH3 is 1. The van der Waals surface area contributed by atoms with E-state index in [9.17, 15) is 4.79 Å². The Morgan fingerprint density at radius 1 is 0.946 bits per heavy atom. The smallest absolute Gasteiger partial charge is 0.224 e. The lowest BCUT2D eigenvalue weighted by atomic mass is 10.2. The summed E-state index contributed by atoms with van der Waals surface area (Å²) in [6, 6.07) is 19.4. The molecule has 10 nitrogen and oxygen atoms in total. The fourth-order valence-corrected chi connectivity index (χ4v) is 4.40. The second-order valence-electron chi connectivity index (χ2n) is 8.76. The van der Waals surface area contributed by atoms with Crippen LogP contribution >= 0.6 is 0 Å². The molecule has 3 heterocycles. The highest BCUT2D eigenvalue weighted by Crippen LogP contribution is 2.23. The molecule has 1 N–H and O–H groups in total. The van der Waals surface area contributed by atoms with Crippen molar-refractivity contribution in [3.05, 3.63) is 66.5 Å². The second-order valence-corrected chi connectivity index (χ2v) is 8.76. The van der Waals surface area contributed by atoms with Gasteiger partial charge in [0.1, 0.15) is 17.3 Å². The number of hydrogen-bond acceptors (Lipinski definition) is 8. The van der Waals surface area contributed by atoms with Crippen LogP contribution in [0.5, 0.6) is 11.5 Å². The molecule has 10 heteroatoms. The molecule has 0 aliphatic carbocycles. The van der Waals surface area contributed by atoms with Crippen LogP contribution in [0.15, 0.2) is 60.7 Å². The Morgan fingerprint density at radius 3 is 2.49 bits per heavy atom. The number of amides is 1. The third-order valence-electron chi connectivity index (χ3n) is 6.36. The lowest BCUT2D eigenvalue weighted by Gasteiger charge is -2.36. The summed E-state index contributed by atoms with van der Waals surface area (Å²) in [5.41, 5.74) is 2.56. The summed E-state index contributed by atoms with van der Waals surface area (Å²) in [7, 11) is 1.69. The summed E-state index contributed by atoms with van der Waals surface area (Å²) in [4.78, 5) is 17.1. The Bertz CT molecular complexity index is 1350. The molecular weight excluding hydrogens is 470 g/mol. The fraction of sp³-hybridized carbons (Fsp3) is 0.333. The van der Waals surface area contributed by atoms with Gasteiger partial charge in [0, 0.05) is 56.5 Å². The average molecular weight is 502 g/mol. The Morgan fingerprint density at radius 2 is 1.73 bits per heavy atom. The number of aromatic nitrogens is 4. The van der Waals surface area contributed by atoms with Gasteiger partial charge in [0.05, 0.1) is 13.7 Å². The van der Waals surface area contributed by atoms with Crippen LogP contribution in [-0.4, -0.2) is 65.6 Å². The largest absolute Gasteiger partial charge is 0.497 e. The Kier molecular flexibility index (Phi) is 7.34. The molecular formula is C27H31N7O3. The van der Waals surface area contributed by atoms with Gasteiger partial charge in [-0.05, 0) is 55.5 Å². The van der Waals surface area contributed by atoms with Gasteiger partial charge in [-0.1, -0.05) is 6.07 Å². The van der Waals surface area contributed by atoms with Crippen LogP contribution in [0, 0.1) is 0 Å². The number of rotatable bonds is 9. The molecule has 0 atom stereocenters. The van der Waals surface area contributed by atoms with Crippen molar-refractivity contribution in [2.75, 3.05) is 55.0 Å². The van der Waals surface area contributed by atoms with Crippen molar-refractivity contribution in [3.8, 4) is 11.5 Å². The summed E-state index contributed by atoms with van der Waals surface area (Å²) in [6.45, 7) is 6.00. The van der Waals surface area contributed by atoms with Crippen LogP contribution in [0.1, 0.15) is 19.2 Å². The summed E-state index contributed by atoms with van der Waals surface area (Å²) < 4.78 is 12.6. The van der Waals surface area contributed by atoms with Crippen molar-refractivity contribution in [1.29, 1.82) is 0 Å². The highest BCUT2D eigenvalue weighted by Gasteiger charge is 2.20. The zero-order valence-electron chi connectivity index (χ0n) is 21.1. The predicted octanol–water partition coefficient (Wildman–Crippen LogP) is 3.43. The van der Waals surface area contributed by atoms with E-state index >= 15 is 0 Å². The van der Waals surface area contributed by atoms with Gasteiger partial charge in [-0.15, -0.1) is 15.3 Å². The van der Waals surface area contributed by atoms with Gasteiger partial charge in [-0.25, -0.2) is 0 Å². The van der Waals surface area contributed by atoms with E-state index < -0.39 is 0 Å². The number of nitrogens with one attached hydrogen (secondary N) is 1. The van der Waals surface area contributed by atoms with Gasteiger partial charge in [0.15, 0.2) is 11.5 Å². The molecule has 0 saturated carbocycles. The van der Waals surface area contributed by atoms with Crippen molar-refractivity contribution in [2.24, 2.45) is 0 Å². The van der Waals surface area contributed by atoms with Crippen molar-refractivity contribution in [3.63, 3.8) is 0 Å². The normalized spacial score (nSPS) is 13.6. The standard InChI is InChI=1S/C27H31N7O3/c1-3-37-22-9-7-20(8-10-22)28-27(35)14-13-25-30-29-24-11-12-26(31-34(24)25)33-17-15-32(16-18-33)21-5-4-6-23(19-21)36-2/h4-12,19H,3,13-18H2,1-2H3,(H,28,35). The lowest BCUT2D eigenvalue weighted by Crippen LogP contribution is -2.47. The molecule has 0 spiro atoms. The first kappa shape index (κ1) is 24.4. The minimum atomic E-state index is -0.0919. The first-order valence-electron chi connectivity index (χ1n) is 12.5. The molecule has 0 bridgehead atoms. The number of benzene rings is 2. The highest BCUT2D eigenvalue weighted by atomic mass is 16.5. The van der Waals surface area contributed by atoms with Crippen LogP contribution in [0.4, 0.5) is 17.2 Å². The lowest BCUT2D eigenvalue weighted by molar-refractivity contribution is -0.116. The number of aryl methyl sites for hydroxylation is 1. The molecule has 0 unspecified atom stereocenters. The molecule has 2 aromatic heterocycles. The summed E-state index contributed by atoms with van der Waals surface area (Å²) in [5.74, 6) is 3.08. The van der Waals surface area contributed by atoms with Gasteiger partial charge in [0.2, 0.25) is 5.91 Å². The summed E-state index contributed by atoms with van der Waals surface area (Å²) in [6.07, 6.45) is 0.712. The maximum absolute atomic E-state index is 12.5. The molecule has 1 aliphatic heterocycles. The average Bonchev–Trinajstić information content (AvgIpc) is 3.35. The quantitative estimate of drug-likeness (QED) is 0.373. The molecule has 4 aromatic rings. The first-order chi connectivity index (χ1) is 18.1. The Hall–Kier alpha value is -4.34. The van der Waals surface area contributed by atoms with E-state index in [-0.39, 0.29) is 12.3 Å².